The van der Waals surface area contributed by atoms with Crippen LogP contribution in [0.15, 0.2) is 12.2 Å². The summed E-state index contributed by atoms with van der Waals surface area (Å²) in [6, 6.07) is 0. The first kappa shape index (κ1) is 17.2. The van der Waals surface area contributed by atoms with Gasteiger partial charge in [0.05, 0.1) is 25.2 Å². The van der Waals surface area contributed by atoms with Crippen LogP contribution in [-0.2, 0) is 9.53 Å². The van der Waals surface area contributed by atoms with Gasteiger partial charge in [-0.3, -0.25) is 4.79 Å². The van der Waals surface area contributed by atoms with E-state index in [0.29, 0.717) is 6.42 Å². The summed E-state index contributed by atoms with van der Waals surface area (Å²) in [5.41, 5.74) is -1.17. The van der Waals surface area contributed by atoms with E-state index < -0.39 is 11.7 Å². The molecule has 0 saturated heterocycles. The highest BCUT2D eigenvalue weighted by molar-refractivity contribution is 5.70. The monoisotopic (exact) mass is 284 g/mol. The number of aliphatic hydroxyl groups is 2. The first-order chi connectivity index (χ1) is 9.15. The molecule has 4 nitrogen and oxygen atoms in total. The molecule has 0 heterocycles. The van der Waals surface area contributed by atoms with Crippen LogP contribution in [-0.4, -0.2) is 35.0 Å². The molecule has 1 saturated carbocycles. The summed E-state index contributed by atoms with van der Waals surface area (Å²) >= 11 is 0. The molecule has 0 unspecified atom stereocenters. The lowest BCUT2D eigenvalue weighted by Gasteiger charge is -2.39. The number of methoxy groups -OCH3 is 1. The summed E-state index contributed by atoms with van der Waals surface area (Å²) < 4.78 is 4.79. The highest BCUT2D eigenvalue weighted by atomic mass is 16.5. The van der Waals surface area contributed by atoms with Crippen molar-refractivity contribution in [2.75, 3.05) is 7.11 Å². The van der Waals surface area contributed by atoms with E-state index in [1.165, 1.54) is 7.11 Å². The summed E-state index contributed by atoms with van der Waals surface area (Å²) in [6.45, 7) is 7.68. The van der Waals surface area contributed by atoms with Gasteiger partial charge in [-0.05, 0) is 31.1 Å². The molecule has 20 heavy (non-hydrogen) atoms. The van der Waals surface area contributed by atoms with Gasteiger partial charge in [0.1, 0.15) is 0 Å². The largest absolute Gasteiger partial charge is 0.469 e. The Hall–Kier alpha value is -0.870. The van der Waals surface area contributed by atoms with Crippen LogP contribution < -0.4 is 0 Å². The van der Waals surface area contributed by atoms with Crippen LogP contribution in [0, 0.1) is 17.3 Å². The van der Waals surface area contributed by atoms with Crippen molar-refractivity contribution in [1.29, 1.82) is 0 Å². The fourth-order valence-electron chi connectivity index (χ4n) is 3.32. The molecule has 0 aromatic rings. The molecule has 0 amide bonds. The molecule has 1 aliphatic carbocycles. The molecule has 116 valence electrons. The van der Waals surface area contributed by atoms with Crippen molar-refractivity contribution in [3.63, 3.8) is 0 Å². The summed E-state index contributed by atoms with van der Waals surface area (Å²) in [5, 5.41) is 20.4. The van der Waals surface area contributed by atoms with E-state index in [4.69, 9.17) is 4.74 Å². The van der Waals surface area contributed by atoms with Crippen molar-refractivity contribution in [2.24, 2.45) is 17.3 Å². The van der Waals surface area contributed by atoms with Gasteiger partial charge < -0.3 is 14.9 Å². The van der Waals surface area contributed by atoms with Crippen molar-refractivity contribution < 1.29 is 19.7 Å². The van der Waals surface area contributed by atoms with Crippen LogP contribution in [0.3, 0.4) is 0 Å². The van der Waals surface area contributed by atoms with Gasteiger partial charge in [0.2, 0.25) is 0 Å². The minimum Gasteiger partial charge on any atom is -0.469 e. The molecule has 4 atom stereocenters. The average Bonchev–Trinajstić information content (AvgIpc) is 2.60. The summed E-state index contributed by atoms with van der Waals surface area (Å²) in [4.78, 5) is 11.7. The molecule has 1 fully saturated rings. The number of hydrogen-bond acceptors (Lipinski definition) is 4. The highest BCUT2D eigenvalue weighted by Gasteiger charge is 2.54. The predicted octanol–water partition coefficient (Wildman–Crippen LogP) is 2.29. The lowest BCUT2D eigenvalue weighted by molar-refractivity contribution is -0.144. The lowest BCUT2D eigenvalue weighted by Crippen LogP contribution is -2.43. The number of esters is 1. The molecular weight excluding hydrogens is 256 g/mol. The molecule has 0 bridgehead atoms. The molecular formula is C16H28O4. The Morgan fingerprint density at radius 3 is 2.45 bits per heavy atom. The van der Waals surface area contributed by atoms with E-state index in [1.54, 1.807) is 13.0 Å². The van der Waals surface area contributed by atoms with Crippen molar-refractivity contribution in [1.82, 2.24) is 0 Å². The first-order valence-electron chi connectivity index (χ1n) is 7.31. The Kier molecular flexibility index (Phi) is 5.39. The van der Waals surface area contributed by atoms with E-state index in [9.17, 15) is 15.0 Å². The SMILES string of the molecule is COC(=O)C[C@@]1(C)CC[C@@](O)(C(C)C)[C@@H]1/C=C/[C@@H](C)O. The lowest BCUT2D eigenvalue weighted by atomic mass is 9.70. The van der Waals surface area contributed by atoms with Gasteiger partial charge in [-0.15, -0.1) is 0 Å². The number of carbonyl (C=O) groups is 1. The topological polar surface area (TPSA) is 66.8 Å². The van der Waals surface area contributed by atoms with Gasteiger partial charge in [-0.25, -0.2) is 0 Å². The zero-order chi connectivity index (χ0) is 15.6. The van der Waals surface area contributed by atoms with Crippen LogP contribution in [0.2, 0.25) is 0 Å². The number of aliphatic hydroxyl groups excluding tert-OH is 1. The van der Waals surface area contributed by atoms with E-state index in [-0.39, 0.29) is 29.6 Å². The minimum absolute atomic E-state index is 0.0885. The van der Waals surface area contributed by atoms with Crippen molar-refractivity contribution in [3.8, 4) is 0 Å². The van der Waals surface area contributed by atoms with Crippen molar-refractivity contribution >= 4 is 5.97 Å². The molecule has 0 radical (unpaired) electrons. The zero-order valence-corrected chi connectivity index (χ0v) is 13.2. The molecule has 2 N–H and O–H groups in total. The van der Waals surface area contributed by atoms with E-state index >= 15 is 0 Å². The van der Waals surface area contributed by atoms with Crippen LogP contribution in [0.5, 0.6) is 0 Å². The molecule has 0 aromatic carbocycles. The Balaban J connectivity index is 3.08. The van der Waals surface area contributed by atoms with E-state index in [0.717, 1.165) is 6.42 Å². The van der Waals surface area contributed by atoms with Gasteiger partial charge in [-0.1, -0.05) is 32.9 Å². The maximum atomic E-state index is 11.7. The second-order valence-electron chi connectivity index (χ2n) is 6.66. The van der Waals surface area contributed by atoms with E-state index in [2.05, 4.69) is 0 Å². The predicted molar refractivity (Wildman–Crippen MR) is 78.1 cm³/mol. The highest BCUT2D eigenvalue weighted by Crippen LogP contribution is 2.54. The molecule has 0 spiro atoms. The molecule has 0 aromatic heterocycles. The van der Waals surface area contributed by atoms with Crippen molar-refractivity contribution in [3.05, 3.63) is 12.2 Å². The third-order valence-corrected chi connectivity index (χ3v) is 4.74. The van der Waals surface area contributed by atoms with Crippen LogP contribution in [0.4, 0.5) is 0 Å². The number of carbonyl (C=O) groups excluding carboxylic acids is 1. The molecule has 1 rings (SSSR count). The van der Waals surface area contributed by atoms with Gasteiger partial charge >= 0.3 is 5.97 Å². The van der Waals surface area contributed by atoms with E-state index in [1.807, 2.05) is 26.8 Å². The summed E-state index contributed by atoms with van der Waals surface area (Å²) in [7, 11) is 1.38. The number of rotatable bonds is 5. The van der Waals surface area contributed by atoms with Crippen LogP contribution in [0.25, 0.3) is 0 Å². The smallest absolute Gasteiger partial charge is 0.306 e. The molecule has 0 aliphatic heterocycles. The zero-order valence-electron chi connectivity index (χ0n) is 13.2. The summed E-state index contributed by atoms with van der Waals surface area (Å²) in [5.74, 6) is -0.328. The maximum Gasteiger partial charge on any atom is 0.306 e. The van der Waals surface area contributed by atoms with Crippen LogP contribution >= 0.6 is 0 Å². The number of hydrogen-bond donors (Lipinski definition) is 2. The average molecular weight is 284 g/mol. The Labute approximate surface area is 121 Å². The second-order valence-corrected chi connectivity index (χ2v) is 6.66. The van der Waals surface area contributed by atoms with Crippen LogP contribution in [0.1, 0.15) is 47.0 Å². The molecule has 1 aliphatic rings. The third kappa shape index (κ3) is 3.41. The van der Waals surface area contributed by atoms with Gasteiger partial charge in [0.25, 0.3) is 0 Å². The molecule has 4 heteroatoms. The van der Waals surface area contributed by atoms with Crippen molar-refractivity contribution in [2.45, 2.75) is 58.7 Å². The third-order valence-electron chi connectivity index (χ3n) is 4.74. The van der Waals surface area contributed by atoms with Gasteiger partial charge in [0, 0.05) is 5.92 Å². The Morgan fingerprint density at radius 2 is 2.00 bits per heavy atom. The number of ether oxygens (including phenoxy) is 1. The Morgan fingerprint density at radius 1 is 1.40 bits per heavy atom. The fourth-order valence-corrected chi connectivity index (χ4v) is 3.32. The standard InChI is InChI=1S/C16H28O4/c1-11(2)16(19)9-8-15(4,10-14(18)20-5)13(16)7-6-12(3)17/h6-7,11-13,17,19H,8-10H2,1-5H3/b7-6+/t12-,13-,15-,16-/m1/s1. The Bertz CT molecular complexity index is 375. The normalized spacial score (nSPS) is 35.7. The summed E-state index contributed by atoms with van der Waals surface area (Å²) in [6.07, 6.45) is 4.72. The van der Waals surface area contributed by atoms with Gasteiger partial charge in [0.15, 0.2) is 0 Å². The maximum absolute atomic E-state index is 11.7. The van der Waals surface area contributed by atoms with Gasteiger partial charge in [-0.2, -0.15) is 0 Å². The second kappa shape index (κ2) is 6.27. The quantitative estimate of drug-likeness (QED) is 0.600. The minimum atomic E-state index is -0.839. The first-order valence-corrected chi connectivity index (χ1v) is 7.31. The fraction of sp³-hybridized carbons (Fsp3) is 0.812.